The Morgan fingerprint density at radius 3 is 2.33 bits per heavy atom. The third-order valence-corrected chi connectivity index (χ3v) is 7.88. The normalized spacial score (nSPS) is 19.6. The van der Waals surface area contributed by atoms with Crippen LogP contribution in [0.1, 0.15) is 48.4 Å². The third-order valence-electron chi connectivity index (χ3n) is 6.15. The van der Waals surface area contributed by atoms with E-state index in [4.69, 9.17) is 0 Å². The summed E-state index contributed by atoms with van der Waals surface area (Å²) in [6.45, 7) is 2.74. The zero-order valence-corrected chi connectivity index (χ0v) is 21.7. The monoisotopic (exact) mass is 459 g/mol. The first-order chi connectivity index (χ1) is 13.9. The maximum Gasteiger partial charge on any atom is 0.332 e. The van der Waals surface area contributed by atoms with E-state index < -0.39 is 21.3 Å². The van der Waals surface area contributed by atoms with Crippen LogP contribution in [0.3, 0.4) is 0 Å². The first kappa shape index (κ1) is 24.0. The van der Waals surface area contributed by atoms with Gasteiger partial charge in [-0.1, -0.05) is 6.07 Å². The number of fused-ring (bicyclic) bond motifs is 2. The van der Waals surface area contributed by atoms with E-state index in [0.717, 1.165) is 55.3 Å². The van der Waals surface area contributed by atoms with Gasteiger partial charge in [-0.25, -0.2) is 22.7 Å². The number of urea groups is 2. The van der Waals surface area contributed by atoms with Crippen molar-refractivity contribution in [2.75, 3.05) is 25.0 Å². The quantitative estimate of drug-likeness (QED) is 0.594. The van der Waals surface area contributed by atoms with E-state index in [1.165, 1.54) is 16.0 Å². The molecule has 3 aliphatic rings. The number of carbonyl (C=O) groups is 2. The van der Waals surface area contributed by atoms with Gasteiger partial charge in [0.25, 0.3) is 0 Å². The molecule has 1 aromatic rings. The van der Waals surface area contributed by atoms with Crippen LogP contribution in [0.25, 0.3) is 0 Å². The van der Waals surface area contributed by atoms with Gasteiger partial charge in [-0.15, -0.1) is 0 Å². The summed E-state index contributed by atoms with van der Waals surface area (Å²) in [5.41, 5.74) is 5.67. The van der Waals surface area contributed by atoms with Crippen LogP contribution in [0.5, 0.6) is 0 Å². The summed E-state index contributed by atoms with van der Waals surface area (Å²) in [5, 5.41) is 4.74. The molecule has 1 atom stereocenters. The summed E-state index contributed by atoms with van der Waals surface area (Å²) in [4.78, 5) is 26.0. The summed E-state index contributed by atoms with van der Waals surface area (Å²) in [6.07, 6.45) is 6.28. The van der Waals surface area contributed by atoms with Crippen LogP contribution < -0.4 is 15.4 Å². The van der Waals surface area contributed by atoms with Gasteiger partial charge < -0.3 is 15.5 Å². The van der Waals surface area contributed by atoms with Crippen LogP contribution in [-0.2, 0) is 35.7 Å². The SMILES string of the molecule is CCNC(=O)N1CCC(S(=O)(=O)NC(=O)Nc2c3c(cc4c2CCC4)CCC3)C1.[K]. The second-order valence-corrected chi connectivity index (χ2v) is 9.99. The average Bonchev–Trinajstić information content (AvgIpc) is 3.41. The van der Waals surface area contributed by atoms with E-state index >= 15 is 0 Å². The second-order valence-electron chi connectivity index (χ2n) is 8.03. The summed E-state index contributed by atoms with van der Waals surface area (Å²) in [7, 11) is -3.87. The Labute approximate surface area is 220 Å². The van der Waals surface area contributed by atoms with Crippen molar-refractivity contribution in [2.45, 2.75) is 57.1 Å². The Balaban J connectivity index is 0.00000256. The number of benzene rings is 1. The molecular formula is C20H28KN4O4S. The molecule has 1 fully saturated rings. The van der Waals surface area contributed by atoms with Crippen LogP contribution >= 0.6 is 0 Å². The molecule has 0 spiro atoms. The van der Waals surface area contributed by atoms with Crippen molar-refractivity contribution >= 4 is 79.2 Å². The molecule has 1 saturated heterocycles. The van der Waals surface area contributed by atoms with Gasteiger partial charge in [-0.05, 0) is 74.1 Å². The maximum atomic E-state index is 12.7. The zero-order valence-electron chi connectivity index (χ0n) is 17.7. The molecule has 10 heteroatoms. The number of nitrogens with one attached hydrogen (secondary N) is 3. The maximum absolute atomic E-state index is 12.7. The van der Waals surface area contributed by atoms with Gasteiger partial charge in [0.05, 0.1) is 5.25 Å². The van der Waals surface area contributed by atoms with Crippen molar-refractivity contribution in [3.63, 3.8) is 0 Å². The minimum atomic E-state index is -3.87. The number of carbonyl (C=O) groups excluding carboxylic acids is 2. The number of hydrogen-bond acceptors (Lipinski definition) is 4. The predicted octanol–water partition coefficient (Wildman–Crippen LogP) is 1.54. The number of amides is 4. The van der Waals surface area contributed by atoms with Gasteiger partial charge in [0, 0.05) is 76.7 Å². The molecule has 1 heterocycles. The van der Waals surface area contributed by atoms with Crippen LogP contribution in [0.4, 0.5) is 15.3 Å². The average molecular weight is 460 g/mol. The number of rotatable bonds is 4. The molecule has 1 radical (unpaired) electrons. The number of likely N-dealkylation sites (tertiary alicyclic amines) is 1. The number of sulfonamides is 1. The zero-order chi connectivity index (χ0) is 20.6. The Morgan fingerprint density at radius 2 is 1.73 bits per heavy atom. The molecule has 0 saturated carbocycles. The molecule has 0 aromatic heterocycles. The van der Waals surface area contributed by atoms with Crippen LogP contribution in [-0.4, -0.2) is 102 Å². The van der Waals surface area contributed by atoms with Gasteiger partial charge >= 0.3 is 12.1 Å². The van der Waals surface area contributed by atoms with Gasteiger partial charge in [0.2, 0.25) is 10.0 Å². The minimum absolute atomic E-state index is 0. The molecule has 4 rings (SSSR count). The van der Waals surface area contributed by atoms with Crippen LogP contribution in [0.15, 0.2) is 6.07 Å². The Morgan fingerprint density at radius 1 is 1.10 bits per heavy atom. The molecular weight excluding hydrogens is 431 g/mol. The van der Waals surface area contributed by atoms with E-state index in [0.29, 0.717) is 19.5 Å². The van der Waals surface area contributed by atoms with Crippen molar-refractivity contribution in [1.82, 2.24) is 14.9 Å². The van der Waals surface area contributed by atoms with E-state index in [1.54, 1.807) is 0 Å². The molecule has 0 bridgehead atoms. The fourth-order valence-electron chi connectivity index (χ4n) is 4.75. The Bertz CT molecular complexity index is 918. The molecule has 8 nitrogen and oxygen atoms in total. The Hall–Kier alpha value is -0.654. The van der Waals surface area contributed by atoms with Gasteiger partial charge in [0.15, 0.2) is 0 Å². The summed E-state index contributed by atoms with van der Waals surface area (Å²) in [5.74, 6) is 0. The van der Waals surface area contributed by atoms with Crippen molar-refractivity contribution in [1.29, 1.82) is 0 Å². The fourth-order valence-corrected chi connectivity index (χ4v) is 6.02. The summed E-state index contributed by atoms with van der Waals surface area (Å²) >= 11 is 0. The molecule has 3 N–H and O–H groups in total. The van der Waals surface area contributed by atoms with Crippen molar-refractivity contribution in [3.8, 4) is 0 Å². The molecule has 159 valence electrons. The van der Waals surface area contributed by atoms with E-state index in [2.05, 4.69) is 21.4 Å². The van der Waals surface area contributed by atoms with Gasteiger partial charge in [-0.3, -0.25) is 0 Å². The molecule has 4 amide bonds. The van der Waals surface area contributed by atoms with Gasteiger partial charge in [-0.2, -0.15) is 0 Å². The second kappa shape index (κ2) is 9.87. The molecule has 1 aromatic carbocycles. The first-order valence-corrected chi connectivity index (χ1v) is 12.0. The smallest absolute Gasteiger partial charge is 0.332 e. The minimum Gasteiger partial charge on any atom is -0.338 e. The van der Waals surface area contributed by atoms with Crippen molar-refractivity contribution < 1.29 is 18.0 Å². The Kier molecular flexibility index (Phi) is 7.89. The number of hydrogen-bond donors (Lipinski definition) is 3. The van der Waals surface area contributed by atoms with Crippen molar-refractivity contribution in [2.24, 2.45) is 0 Å². The molecule has 1 aliphatic heterocycles. The summed E-state index contributed by atoms with van der Waals surface area (Å²) < 4.78 is 27.6. The largest absolute Gasteiger partial charge is 0.338 e. The molecule has 1 unspecified atom stereocenters. The predicted molar refractivity (Wildman–Crippen MR) is 116 cm³/mol. The topological polar surface area (TPSA) is 108 Å². The number of nitrogens with zero attached hydrogens (tertiary/aromatic N) is 1. The standard InChI is InChI=1S/C20H28N4O4S.K/c1-2-21-20(26)24-10-9-15(12-24)29(27,28)23-19(25)22-18-16-7-3-5-13(16)11-14-6-4-8-17(14)18;/h11,15H,2-10,12H2,1H3,(H,21,26)(H2,22,23,25);. The fraction of sp³-hybridized carbons (Fsp3) is 0.600. The van der Waals surface area contributed by atoms with Crippen LogP contribution in [0, 0.1) is 0 Å². The van der Waals surface area contributed by atoms with Crippen LogP contribution in [0.2, 0.25) is 0 Å². The van der Waals surface area contributed by atoms with E-state index in [9.17, 15) is 18.0 Å². The van der Waals surface area contributed by atoms with Crippen molar-refractivity contribution in [3.05, 3.63) is 28.3 Å². The molecule has 2 aliphatic carbocycles. The number of aryl methyl sites for hydroxylation is 2. The third kappa shape index (κ3) is 4.88. The van der Waals surface area contributed by atoms with E-state index in [-0.39, 0.29) is 64.0 Å². The van der Waals surface area contributed by atoms with Gasteiger partial charge in [0.1, 0.15) is 0 Å². The summed E-state index contributed by atoms with van der Waals surface area (Å²) in [6, 6.07) is 1.28. The first-order valence-electron chi connectivity index (χ1n) is 10.4. The molecule has 30 heavy (non-hydrogen) atoms. The van der Waals surface area contributed by atoms with E-state index in [1.807, 2.05) is 6.92 Å². The number of anilines is 1.